The molecule has 1 atom stereocenters. The zero-order chi connectivity index (χ0) is 18.6. The quantitative estimate of drug-likeness (QED) is 0.647. The Kier molecular flexibility index (Phi) is 4.83. The topological polar surface area (TPSA) is 38.1 Å². The summed E-state index contributed by atoms with van der Waals surface area (Å²) in [5.41, 5.74) is 2.83. The number of hydrogen-bond acceptors (Lipinski definition) is 2. The number of likely N-dealkylation sites (tertiary alicyclic amines) is 1. The van der Waals surface area contributed by atoms with E-state index in [4.69, 9.17) is 0 Å². The van der Waals surface area contributed by atoms with Gasteiger partial charge in [0.2, 0.25) is 5.91 Å². The highest BCUT2D eigenvalue weighted by atomic mass is 19.1. The van der Waals surface area contributed by atoms with Crippen molar-refractivity contribution < 1.29 is 9.18 Å². The van der Waals surface area contributed by atoms with Crippen LogP contribution in [-0.4, -0.2) is 26.9 Å². The summed E-state index contributed by atoms with van der Waals surface area (Å²) in [6.45, 7) is 0.698. The predicted molar refractivity (Wildman–Crippen MR) is 103 cm³/mol. The van der Waals surface area contributed by atoms with Gasteiger partial charge in [-0.3, -0.25) is 4.79 Å². The lowest BCUT2D eigenvalue weighted by atomic mass is 10.0. The number of carbonyl (C=O) groups is 1. The molecule has 0 saturated carbocycles. The van der Waals surface area contributed by atoms with E-state index < -0.39 is 0 Å². The molecule has 0 spiro atoms. The average molecular weight is 361 g/mol. The molecule has 3 aromatic rings. The average Bonchev–Trinajstić information content (AvgIpc) is 3.38. The summed E-state index contributed by atoms with van der Waals surface area (Å²) in [6, 6.07) is 14.4. The fourth-order valence-corrected chi connectivity index (χ4v) is 3.52. The third kappa shape index (κ3) is 3.82. The molecule has 1 fully saturated rings. The van der Waals surface area contributed by atoms with Crippen molar-refractivity contribution in [1.29, 1.82) is 0 Å². The van der Waals surface area contributed by atoms with E-state index in [1.165, 1.54) is 12.1 Å². The number of aromatic nitrogens is 2. The molecule has 0 unspecified atom stereocenters. The number of hydrogen-bond donors (Lipinski definition) is 0. The largest absolute Gasteiger partial charge is 0.332 e. The maximum Gasteiger partial charge on any atom is 0.247 e. The summed E-state index contributed by atoms with van der Waals surface area (Å²) in [4.78, 5) is 18.5. The van der Waals surface area contributed by atoms with Gasteiger partial charge in [-0.25, -0.2) is 9.37 Å². The molecular weight excluding hydrogens is 341 g/mol. The van der Waals surface area contributed by atoms with E-state index in [1.807, 2.05) is 52.1 Å². The zero-order valence-electron chi connectivity index (χ0n) is 14.8. The number of nitrogens with zero attached hydrogens (tertiary/aromatic N) is 3. The van der Waals surface area contributed by atoms with E-state index in [9.17, 15) is 9.18 Å². The van der Waals surface area contributed by atoms with E-state index in [2.05, 4.69) is 4.98 Å². The highest BCUT2D eigenvalue weighted by molar-refractivity contribution is 5.92. The maximum absolute atomic E-state index is 13.5. The van der Waals surface area contributed by atoms with Crippen molar-refractivity contribution in [2.75, 3.05) is 6.54 Å². The van der Waals surface area contributed by atoms with Crippen LogP contribution in [0, 0.1) is 5.82 Å². The lowest BCUT2D eigenvalue weighted by molar-refractivity contribution is -0.126. The first kappa shape index (κ1) is 17.2. The summed E-state index contributed by atoms with van der Waals surface area (Å²) >= 11 is 0. The van der Waals surface area contributed by atoms with Gasteiger partial charge in [-0.05, 0) is 54.3 Å². The van der Waals surface area contributed by atoms with Crippen LogP contribution in [0.3, 0.4) is 0 Å². The zero-order valence-corrected chi connectivity index (χ0v) is 14.8. The first-order valence-corrected chi connectivity index (χ1v) is 9.03. The molecule has 1 amide bonds. The first-order valence-electron chi connectivity index (χ1n) is 9.03. The molecule has 0 radical (unpaired) electrons. The molecule has 1 saturated heterocycles. The Morgan fingerprint density at radius 2 is 2.04 bits per heavy atom. The fraction of sp³-hybridized carbons (Fsp3) is 0.182. The predicted octanol–water partition coefficient (Wildman–Crippen LogP) is 4.39. The number of imidazole rings is 1. The molecule has 2 heterocycles. The van der Waals surface area contributed by atoms with Gasteiger partial charge in [0.15, 0.2) is 0 Å². The van der Waals surface area contributed by atoms with Gasteiger partial charge in [0.25, 0.3) is 0 Å². The number of rotatable bonds is 4. The highest BCUT2D eigenvalue weighted by Gasteiger charge is 2.28. The van der Waals surface area contributed by atoms with E-state index >= 15 is 0 Å². The van der Waals surface area contributed by atoms with Gasteiger partial charge < -0.3 is 9.47 Å². The molecule has 0 aliphatic carbocycles. The smallest absolute Gasteiger partial charge is 0.247 e. The lowest BCUT2D eigenvalue weighted by Gasteiger charge is -2.24. The van der Waals surface area contributed by atoms with Crippen LogP contribution in [0.25, 0.3) is 11.8 Å². The molecule has 136 valence electrons. The second-order valence-electron chi connectivity index (χ2n) is 6.64. The molecule has 1 aromatic heterocycles. The van der Waals surface area contributed by atoms with Gasteiger partial charge in [0.1, 0.15) is 5.82 Å². The fourth-order valence-electron chi connectivity index (χ4n) is 3.52. The van der Waals surface area contributed by atoms with E-state index in [1.54, 1.807) is 24.7 Å². The second-order valence-corrected chi connectivity index (χ2v) is 6.64. The Balaban J connectivity index is 1.46. The minimum atomic E-state index is -0.264. The van der Waals surface area contributed by atoms with Crippen LogP contribution in [0.5, 0.6) is 0 Å². The van der Waals surface area contributed by atoms with Crippen LogP contribution in [0.4, 0.5) is 4.39 Å². The van der Waals surface area contributed by atoms with Gasteiger partial charge in [-0.15, -0.1) is 0 Å². The van der Waals surface area contributed by atoms with E-state index in [0.717, 1.165) is 29.7 Å². The summed E-state index contributed by atoms with van der Waals surface area (Å²) in [7, 11) is 0. The van der Waals surface area contributed by atoms with Crippen LogP contribution in [0.15, 0.2) is 73.3 Å². The van der Waals surface area contributed by atoms with Gasteiger partial charge in [-0.1, -0.05) is 24.3 Å². The summed E-state index contributed by atoms with van der Waals surface area (Å²) in [6.07, 6.45) is 10.6. The van der Waals surface area contributed by atoms with Crippen LogP contribution in [0.2, 0.25) is 0 Å². The van der Waals surface area contributed by atoms with Crippen molar-refractivity contribution in [3.05, 3.63) is 90.3 Å². The van der Waals surface area contributed by atoms with Crippen LogP contribution in [-0.2, 0) is 4.79 Å². The molecule has 1 aliphatic rings. The maximum atomic E-state index is 13.5. The monoisotopic (exact) mass is 361 g/mol. The molecule has 4 nitrogen and oxygen atoms in total. The Morgan fingerprint density at radius 3 is 2.78 bits per heavy atom. The molecule has 1 aliphatic heterocycles. The minimum Gasteiger partial charge on any atom is -0.332 e. The molecule has 4 rings (SSSR count). The van der Waals surface area contributed by atoms with Crippen molar-refractivity contribution in [3.8, 4) is 5.69 Å². The summed E-state index contributed by atoms with van der Waals surface area (Å²) in [5, 5.41) is 0. The van der Waals surface area contributed by atoms with Crippen molar-refractivity contribution in [2.24, 2.45) is 0 Å². The van der Waals surface area contributed by atoms with Crippen molar-refractivity contribution in [3.63, 3.8) is 0 Å². The van der Waals surface area contributed by atoms with Gasteiger partial charge in [0, 0.05) is 30.7 Å². The summed E-state index contributed by atoms with van der Waals surface area (Å²) in [5.74, 6) is -0.305. The van der Waals surface area contributed by atoms with Gasteiger partial charge in [-0.2, -0.15) is 0 Å². The Hall–Kier alpha value is -3.21. The van der Waals surface area contributed by atoms with E-state index in [-0.39, 0.29) is 17.8 Å². The van der Waals surface area contributed by atoms with Crippen LogP contribution in [0.1, 0.15) is 30.0 Å². The summed E-state index contributed by atoms with van der Waals surface area (Å²) < 4.78 is 15.5. The molecule has 0 N–H and O–H groups in total. The van der Waals surface area contributed by atoms with Crippen molar-refractivity contribution in [1.82, 2.24) is 14.5 Å². The Labute approximate surface area is 157 Å². The van der Waals surface area contributed by atoms with Crippen molar-refractivity contribution >= 4 is 12.0 Å². The number of carbonyl (C=O) groups excluding carboxylic acids is 1. The van der Waals surface area contributed by atoms with Crippen LogP contribution < -0.4 is 0 Å². The second kappa shape index (κ2) is 7.58. The highest BCUT2D eigenvalue weighted by Crippen LogP contribution is 2.32. The standard InChI is InChI=1S/C22H20FN3O/c23-19-4-1-3-18(15-19)21-5-2-13-26(21)22(27)11-8-17-6-9-20(10-7-17)25-14-12-24-16-25/h1,3-4,6-12,14-16,21H,2,5,13H2/b11-8-/t21-/m1/s1. The first-order chi connectivity index (χ1) is 13.2. The number of amides is 1. The Morgan fingerprint density at radius 1 is 1.19 bits per heavy atom. The lowest BCUT2D eigenvalue weighted by Crippen LogP contribution is -2.28. The molecule has 0 bridgehead atoms. The van der Waals surface area contributed by atoms with Gasteiger partial charge >= 0.3 is 0 Å². The normalized spacial score (nSPS) is 16.9. The third-order valence-electron chi connectivity index (χ3n) is 4.88. The van der Waals surface area contributed by atoms with Crippen LogP contribution >= 0.6 is 0 Å². The van der Waals surface area contributed by atoms with Crippen molar-refractivity contribution in [2.45, 2.75) is 18.9 Å². The number of halogens is 1. The Bertz CT molecular complexity index is 948. The molecule has 2 aromatic carbocycles. The minimum absolute atomic E-state index is 0.0413. The molecule has 5 heteroatoms. The molecular formula is C22H20FN3O. The third-order valence-corrected chi connectivity index (χ3v) is 4.88. The van der Waals surface area contributed by atoms with E-state index in [0.29, 0.717) is 6.54 Å². The van der Waals surface area contributed by atoms with Gasteiger partial charge in [0.05, 0.1) is 12.4 Å². The SMILES string of the molecule is O=C(/C=C\c1ccc(-n2ccnc2)cc1)N1CCC[C@@H]1c1cccc(F)c1. The molecule has 27 heavy (non-hydrogen) atoms. The number of benzene rings is 2.